The molecule has 0 bridgehead atoms. The minimum absolute atomic E-state index is 0.146. The van der Waals surface area contributed by atoms with Crippen LogP contribution in [0.1, 0.15) is 33.6 Å². The third kappa shape index (κ3) is 4.31. The molecule has 0 amide bonds. The summed E-state index contributed by atoms with van der Waals surface area (Å²) in [5.74, 6) is 2.66. The van der Waals surface area contributed by atoms with Gasteiger partial charge in [0.2, 0.25) is 0 Å². The van der Waals surface area contributed by atoms with Gasteiger partial charge in [-0.15, -0.1) is 12.3 Å². The van der Waals surface area contributed by atoms with E-state index < -0.39 is 0 Å². The van der Waals surface area contributed by atoms with Gasteiger partial charge in [-0.1, -0.05) is 6.92 Å². The van der Waals surface area contributed by atoms with E-state index in [1.54, 1.807) is 7.11 Å². The van der Waals surface area contributed by atoms with Crippen molar-refractivity contribution in [1.82, 2.24) is 5.32 Å². The van der Waals surface area contributed by atoms with Crippen LogP contribution in [0.15, 0.2) is 0 Å². The molecule has 0 aromatic rings. The molecule has 0 aromatic carbocycles. The first-order chi connectivity index (χ1) is 6.08. The molecule has 0 saturated carbocycles. The largest absolute Gasteiger partial charge is 0.377 e. The highest BCUT2D eigenvalue weighted by Gasteiger charge is 2.27. The molecule has 1 N–H and O–H groups in total. The number of terminal acetylenes is 1. The van der Waals surface area contributed by atoms with E-state index in [1.165, 1.54) is 0 Å². The van der Waals surface area contributed by atoms with Gasteiger partial charge < -0.3 is 10.1 Å². The summed E-state index contributed by atoms with van der Waals surface area (Å²) in [6.07, 6.45) is 7.00. The molecule has 2 nitrogen and oxygen atoms in total. The Labute approximate surface area is 82.1 Å². The van der Waals surface area contributed by atoms with E-state index in [0.29, 0.717) is 6.04 Å². The average Bonchev–Trinajstić information content (AvgIpc) is 2.12. The molecule has 0 aromatic heterocycles. The fraction of sp³-hybridized carbons (Fsp3) is 0.818. The smallest absolute Gasteiger partial charge is 0.0775 e. The van der Waals surface area contributed by atoms with Gasteiger partial charge in [-0.2, -0.15) is 0 Å². The number of rotatable bonds is 6. The van der Waals surface area contributed by atoms with Crippen LogP contribution in [0, 0.1) is 12.3 Å². The van der Waals surface area contributed by atoms with E-state index in [2.05, 4.69) is 32.0 Å². The Morgan fingerprint density at radius 3 is 2.54 bits per heavy atom. The highest BCUT2D eigenvalue weighted by atomic mass is 16.5. The summed E-state index contributed by atoms with van der Waals surface area (Å²) in [5.41, 5.74) is -0.146. The van der Waals surface area contributed by atoms with Crippen molar-refractivity contribution in [2.24, 2.45) is 0 Å². The minimum Gasteiger partial charge on any atom is -0.377 e. The summed E-state index contributed by atoms with van der Waals surface area (Å²) >= 11 is 0. The van der Waals surface area contributed by atoms with E-state index >= 15 is 0 Å². The van der Waals surface area contributed by atoms with Gasteiger partial charge >= 0.3 is 0 Å². The first-order valence-corrected chi connectivity index (χ1v) is 4.80. The third-order valence-corrected chi connectivity index (χ3v) is 2.39. The van der Waals surface area contributed by atoms with Crippen LogP contribution in [0.5, 0.6) is 0 Å². The number of nitrogens with one attached hydrogen (secondary N) is 1. The third-order valence-electron chi connectivity index (χ3n) is 2.39. The summed E-state index contributed by atoms with van der Waals surface area (Å²) in [5, 5.41) is 3.39. The minimum atomic E-state index is -0.146. The molecule has 2 heteroatoms. The Morgan fingerprint density at radius 2 is 2.15 bits per heavy atom. The van der Waals surface area contributed by atoms with Crippen LogP contribution in [-0.2, 0) is 4.74 Å². The molecular weight excluding hydrogens is 162 g/mol. The summed E-state index contributed by atoms with van der Waals surface area (Å²) in [4.78, 5) is 0. The maximum absolute atomic E-state index is 5.42. The Kier molecular flexibility index (Phi) is 5.77. The van der Waals surface area contributed by atoms with Crippen molar-refractivity contribution in [3.05, 3.63) is 0 Å². The average molecular weight is 183 g/mol. The lowest BCUT2D eigenvalue weighted by molar-refractivity contribution is -0.0116. The topological polar surface area (TPSA) is 21.3 Å². The van der Waals surface area contributed by atoms with E-state index in [0.717, 1.165) is 19.4 Å². The van der Waals surface area contributed by atoms with Crippen LogP contribution in [0.25, 0.3) is 0 Å². The number of ether oxygens (including phenoxy) is 1. The van der Waals surface area contributed by atoms with Crippen LogP contribution in [0.3, 0.4) is 0 Å². The van der Waals surface area contributed by atoms with Crippen molar-refractivity contribution in [3.8, 4) is 12.3 Å². The summed E-state index contributed by atoms with van der Waals surface area (Å²) < 4.78 is 5.42. The fourth-order valence-electron chi connectivity index (χ4n) is 1.31. The SMILES string of the molecule is C#CCCC(NCC)C(C)(C)OC. The quantitative estimate of drug-likeness (QED) is 0.634. The molecule has 1 unspecified atom stereocenters. The molecule has 0 fully saturated rings. The summed E-state index contributed by atoms with van der Waals surface area (Å²) in [7, 11) is 1.74. The van der Waals surface area contributed by atoms with Crippen molar-refractivity contribution < 1.29 is 4.74 Å². The normalized spacial score (nSPS) is 13.8. The monoisotopic (exact) mass is 183 g/mol. The van der Waals surface area contributed by atoms with Gasteiger partial charge in [0.1, 0.15) is 0 Å². The number of hydrogen-bond acceptors (Lipinski definition) is 2. The maximum atomic E-state index is 5.42. The Balaban J connectivity index is 4.15. The first kappa shape index (κ1) is 12.5. The highest BCUT2D eigenvalue weighted by Crippen LogP contribution is 2.17. The summed E-state index contributed by atoms with van der Waals surface area (Å²) in [6.45, 7) is 7.20. The lowest BCUT2D eigenvalue weighted by Crippen LogP contribution is -2.47. The van der Waals surface area contributed by atoms with Crippen molar-refractivity contribution in [2.45, 2.75) is 45.3 Å². The molecule has 0 aliphatic heterocycles. The lowest BCUT2D eigenvalue weighted by atomic mass is 9.94. The predicted molar refractivity (Wildman–Crippen MR) is 56.6 cm³/mol. The van der Waals surface area contributed by atoms with Gasteiger partial charge in [0.05, 0.1) is 5.60 Å². The van der Waals surface area contributed by atoms with E-state index in [9.17, 15) is 0 Å². The highest BCUT2D eigenvalue weighted by molar-refractivity contribution is 4.91. The molecule has 13 heavy (non-hydrogen) atoms. The zero-order chi connectivity index (χ0) is 10.3. The number of likely N-dealkylation sites (N-methyl/N-ethyl adjacent to an activating group) is 1. The molecule has 1 atom stereocenters. The zero-order valence-corrected chi connectivity index (χ0v) is 9.18. The summed E-state index contributed by atoms with van der Waals surface area (Å²) in [6, 6.07) is 0.332. The van der Waals surface area contributed by atoms with Gasteiger partial charge in [-0.05, 0) is 26.8 Å². The predicted octanol–water partition coefficient (Wildman–Crippen LogP) is 1.80. The maximum Gasteiger partial charge on any atom is 0.0775 e. The molecule has 0 aliphatic rings. The molecule has 76 valence electrons. The molecule has 0 spiro atoms. The van der Waals surface area contributed by atoms with Crippen LogP contribution in [0.4, 0.5) is 0 Å². The van der Waals surface area contributed by atoms with Gasteiger partial charge in [-0.3, -0.25) is 0 Å². The van der Waals surface area contributed by atoms with Crippen LogP contribution >= 0.6 is 0 Å². The van der Waals surface area contributed by atoms with E-state index in [4.69, 9.17) is 11.2 Å². The second-order valence-electron chi connectivity index (χ2n) is 3.66. The Bertz CT molecular complexity index is 169. The van der Waals surface area contributed by atoms with Crippen molar-refractivity contribution >= 4 is 0 Å². The van der Waals surface area contributed by atoms with Crippen molar-refractivity contribution in [2.75, 3.05) is 13.7 Å². The second kappa shape index (κ2) is 6.01. The van der Waals surface area contributed by atoms with E-state index in [-0.39, 0.29) is 5.60 Å². The van der Waals surface area contributed by atoms with Gasteiger partial charge in [0.25, 0.3) is 0 Å². The van der Waals surface area contributed by atoms with Crippen LogP contribution < -0.4 is 5.32 Å². The lowest BCUT2D eigenvalue weighted by Gasteiger charge is -2.33. The zero-order valence-electron chi connectivity index (χ0n) is 9.18. The van der Waals surface area contributed by atoms with Crippen molar-refractivity contribution in [1.29, 1.82) is 0 Å². The molecule has 0 radical (unpaired) electrons. The van der Waals surface area contributed by atoms with Gasteiger partial charge in [-0.25, -0.2) is 0 Å². The molecular formula is C11H21NO. The molecule has 0 saturated heterocycles. The standard InChI is InChI=1S/C11H21NO/c1-6-8-9-10(12-7-2)11(3,4)13-5/h1,10,12H,7-9H2,2-5H3. The Morgan fingerprint density at radius 1 is 1.54 bits per heavy atom. The fourth-order valence-corrected chi connectivity index (χ4v) is 1.31. The molecule has 0 rings (SSSR count). The first-order valence-electron chi connectivity index (χ1n) is 4.80. The number of hydrogen-bond donors (Lipinski definition) is 1. The Hall–Kier alpha value is -0.520. The van der Waals surface area contributed by atoms with Gasteiger partial charge in [0.15, 0.2) is 0 Å². The van der Waals surface area contributed by atoms with Gasteiger partial charge in [0, 0.05) is 19.6 Å². The number of methoxy groups -OCH3 is 1. The second-order valence-corrected chi connectivity index (χ2v) is 3.66. The van der Waals surface area contributed by atoms with E-state index in [1.807, 2.05) is 0 Å². The molecule has 0 aliphatic carbocycles. The van der Waals surface area contributed by atoms with Crippen LogP contribution in [0.2, 0.25) is 0 Å². The van der Waals surface area contributed by atoms with Crippen molar-refractivity contribution in [3.63, 3.8) is 0 Å². The molecule has 0 heterocycles. The van der Waals surface area contributed by atoms with Crippen LogP contribution in [-0.4, -0.2) is 25.3 Å².